The average molecular weight is 175 g/mol. The Labute approximate surface area is 78.0 Å². The van der Waals surface area contributed by atoms with E-state index in [0.717, 1.165) is 13.0 Å². The molecule has 0 saturated carbocycles. The lowest BCUT2D eigenvalue weighted by Crippen LogP contribution is -2.33. The highest BCUT2D eigenvalue weighted by Gasteiger charge is 2.18. The van der Waals surface area contributed by atoms with Gasteiger partial charge in [0.05, 0.1) is 0 Å². The monoisotopic (exact) mass is 175 g/mol. The summed E-state index contributed by atoms with van der Waals surface area (Å²) in [6.07, 6.45) is 1.65. The predicted octanol–water partition coefficient (Wildman–Crippen LogP) is 1.68. The summed E-state index contributed by atoms with van der Waals surface area (Å²) in [4.78, 5) is 10.9. The van der Waals surface area contributed by atoms with Gasteiger partial charge in [-0.2, -0.15) is 0 Å². The van der Waals surface area contributed by atoms with Gasteiger partial charge in [-0.3, -0.25) is 4.79 Å². The molecule has 0 aromatic heterocycles. The minimum absolute atomic E-state index is 0.187. The van der Waals surface area contributed by atoms with Crippen molar-refractivity contribution in [3.8, 4) is 0 Å². The first-order valence-electron chi connectivity index (χ1n) is 4.68. The third-order valence-electron chi connectivity index (χ3n) is 2.54. The van der Waals surface area contributed by atoms with Gasteiger partial charge in [-0.05, 0) is 12.0 Å². The Morgan fingerprint density at radius 2 is 2.00 bits per heavy atom. The minimum atomic E-state index is 0.187. The van der Waals surface area contributed by atoms with Crippen LogP contribution in [0.1, 0.15) is 24.3 Å². The maximum absolute atomic E-state index is 10.9. The first-order chi connectivity index (χ1) is 6.36. The molecular formula is C11H13NO. The van der Waals surface area contributed by atoms with E-state index in [4.69, 9.17) is 0 Å². The molecule has 1 saturated heterocycles. The van der Waals surface area contributed by atoms with Gasteiger partial charge in [0.25, 0.3) is 0 Å². The molecule has 2 nitrogen and oxygen atoms in total. The van der Waals surface area contributed by atoms with Crippen LogP contribution in [0.5, 0.6) is 0 Å². The second kappa shape index (κ2) is 3.60. The van der Waals surface area contributed by atoms with Gasteiger partial charge in [0.1, 0.15) is 0 Å². The number of amides is 1. The van der Waals surface area contributed by atoms with E-state index in [9.17, 15) is 4.79 Å². The Kier molecular flexibility index (Phi) is 2.30. The second-order valence-electron chi connectivity index (χ2n) is 3.45. The van der Waals surface area contributed by atoms with Gasteiger partial charge < -0.3 is 5.32 Å². The third-order valence-corrected chi connectivity index (χ3v) is 2.54. The number of rotatable bonds is 1. The van der Waals surface area contributed by atoms with Crippen LogP contribution in [0, 0.1) is 0 Å². The number of hydrogen-bond donors (Lipinski definition) is 1. The molecule has 2 rings (SSSR count). The van der Waals surface area contributed by atoms with E-state index >= 15 is 0 Å². The van der Waals surface area contributed by atoms with E-state index in [2.05, 4.69) is 17.4 Å². The lowest BCUT2D eigenvalue weighted by molar-refractivity contribution is -0.122. The summed E-state index contributed by atoms with van der Waals surface area (Å²) in [6.45, 7) is 0.794. The third kappa shape index (κ3) is 1.89. The number of carbonyl (C=O) groups is 1. The van der Waals surface area contributed by atoms with Crippen LogP contribution in [0.15, 0.2) is 30.3 Å². The van der Waals surface area contributed by atoms with Crippen LogP contribution in [0.3, 0.4) is 0 Å². The summed E-state index contributed by atoms with van der Waals surface area (Å²) in [5.41, 5.74) is 1.34. The highest BCUT2D eigenvalue weighted by atomic mass is 16.1. The Bertz CT molecular complexity index is 284. The molecule has 68 valence electrons. The fourth-order valence-electron chi connectivity index (χ4n) is 1.74. The highest BCUT2D eigenvalue weighted by Crippen LogP contribution is 2.22. The fraction of sp³-hybridized carbons (Fsp3) is 0.364. The molecule has 1 fully saturated rings. The molecule has 1 aromatic rings. The van der Waals surface area contributed by atoms with Crippen molar-refractivity contribution in [1.82, 2.24) is 5.32 Å². The van der Waals surface area contributed by atoms with Crippen molar-refractivity contribution in [2.24, 2.45) is 0 Å². The molecule has 0 unspecified atom stereocenters. The first-order valence-corrected chi connectivity index (χ1v) is 4.68. The molecule has 1 amide bonds. The molecule has 1 atom stereocenters. The Morgan fingerprint density at radius 3 is 2.62 bits per heavy atom. The molecule has 1 heterocycles. The van der Waals surface area contributed by atoms with Gasteiger partial charge in [0, 0.05) is 18.9 Å². The van der Waals surface area contributed by atoms with Crippen molar-refractivity contribution in [2.45, 2.75) is 18.8 Å². The molecule has 0 spiro atoms. The number of nitrogens with one attached hydrogen (secondary N) is 1. The van der Waals surface area contributed by atoms with E-state index in [-0.39, 0.29) is 5.91 Å². The van der Waals surface area contributed by atoms with Crippen molar-refractivity contribution < 1.29 is 4.79 Å². The molecule has 1 N–H and O–H groups in total. The molecule has 1 aromatic carbocycles. The topological polar surface area (TPSA) is 29.1 Å². The van der Waals surface area contributed by atoms with Crippen LogP contribution in [0.2, 0.25) is 0 Å². The van der Waals surface area contributed by atoms with Crippen molar-refractivity contribution in [3.63, 3.8) is 0 Å². The highest BCUT2D eigenvalue weighted by molar-refractivity contribution is 5.76. The Hall–Kier alpha value is -1.31. The average Bonchev–Trinajstić information content (AvgIpc) is 2.20. The van der Waals surface area contributed by atoms with Crippen molar-refractivity contribution in [1.29, 1.82) is 0 Å². The first kappa shape index (κ1) is 8.30. The van der Waals surface area contributed by atoms with Crippen molar-refractivity contribution in [3.05, 3.63) is 35.9 Å². The van der Waals surface area contributed by atoms with E-state index in [0.29, 0.717) is 12.3 Å². The second-order valence-corrected chi connectivity index (χ2v) is 3.45. The number of piperidine rings is 1. The van der Waals surface area contributed by atoms with Crippen LogP contribution >= 0.6 is 0 Å². The standard InChI is InChI=1S/C11H13NO/c13-11-7-6-10(8-12-11)9-4-2-1-3-5-9/h1-5,10H,6-8H2,(H,12,13)/t10-/m1/s1. The smallest absolute Gasteiger partial charge is 0.220 e. The molecular weight excluding hydrogens is 162 g/mol. The molecule has 0 aliphatic carbocycles. The predicted molar refractivity (Wildman–Crippen MR) is 51.4 cm³/mol. The fourth-order valence-corrected chi connectivity index (χ4v) is 1.74. The van der Waals surface area contributed by atoms with E-state index in [1.807, 2.05) is 18.2 Å². The Morgan fingerprint density at radius 1 is 1.23 bits per heavy atom. The van der Waals surface area contributed by atoms with Gasteiger partial charge in [0.2, 0.25) is 5.91 Å². The Balaban J connectivity index is 2.07. The van der Waals surface area contributed by atoms with Crippen molar-refractivity contribution in [2.75, 3.05) is 6.54 Å². The van der Waals surface area contributed by atoms with Gasteiger partial charge in [-0.15, -0.1) is 0 Å². The number of hydrogen-bond acceptors (Lipinski definition) is 1. The van der Waals surface area contributed by atoms with Gasteiger partial charge in [0.15, 0.2) is 0 Å². The summed E-state index contributed by atoms with van der Waals surface area (Å²) in [6, 6.07) is 10.4. The van der Waals surface area contributed by atoms with Crippen LogP contribution in [-0.4, -0.2) is 12.5 Å². The summed E-state index contributed by atoms with van der Waals surface area (Å²) in [7, 11) is 0. The maximum Gasteiger partial charge on any atom is 0.220 e. The molecule has 0 bridgehead atoms. The SMILES string of the molecule is O=C1CC[C@@H](c2ccccc2)CN1. The van der Waals surface area contributed by atoms with E-state index < -0.39 is 0 Å². The van der Waals surface area contributed by atoms with Crippen LogP contribution in [0.4, 0.5) is 0 Å². The quantitative estimate of drug-likeness (QED) is 0.691. The zero-order chi connectivity index (χ0) is 9.10. The largest absolute Gasteiger partial charge is 0.355 e. The van der Waals surface area contributed by atoms with Crippen molar-refractivity contribution >= 4 is 5.91 Å². The van der Waals surface area contributed by atoms with Crippen LogP contribution in [-0.2, 0) is 4.79 Å². The summed E-state index contributed by atoms with van der Waals surface area (Å²) < 4.78 is 0. The summed E-state index contributed by atoms with van der Waals surface area (Å²) >= 11 is 0. The molecule has 1 aliphatic heterocycles. The van der Waals surface area contributed by atoms with E-state index in [1.54, 1.807) is 0 Å². The number of carbonyl (C=O) groups excluding carboxylic acids is 1. The van der Waals surface area contributed by atoms with E-state index in [1.165, 1.54) is 5.56 Å². The lowest BCUT2D eigenvalue weighted by atomic mass is 9.92. The molecule has 0 radical (unpaired) electrons. The van der Waals surface area contributed by atoms with Crippen LogP contribution < -0.4 is 5.32 Å². The zero-order valence-corrected chi connectivity index (χ0v) is 7.49. The maximum atomic E-state index is 10.9. The summed E-state index contributed by atoms with van der Waals surface area (Å²) in [5.74, 6) is 0.700. The summed E-state index contributed by atoms with van der Waals surface area (Å²) in [5, 5.41) is 2.89. The zero-order valence-electron chi connectivity index (χ0n) is 7.49. The minimum Gasteiger partial charge on any atom is -0.355 e. The lowest BCUT2D eigenvalue weighted by Gasteiger charge is -2.22. The molecule has 13 heavy (non-hydrogen) atoms. The number of benzene rings is 1. The molecule has 1 aliphatic rings. The van der Waals surface area contributed by atoms with Gasteiger partial charge in [-0.1, -0.05) is 30.3 Å². The van der Waals surface area contributed by atoms with Crippen LogP contribution in [0.25, 0.3) is 0 Å². The normalized spacial score (nSPS) is 22.5. The molecule has 2 heteroatoms. The van der Waals surface area contributed by atoms with Gasteiger partial charge >= 0.3 is 0 Å². The van der Waals surface area contributed by atoms with Gasteiger partial charge in [-0.25, -0.2) is 0 Å².